The molecule has 2 fully saturated rings. The van der Waals surface area contributed by atoms with Crippen molar-refractivity contribution in [3.05, 3.63) is 53.6 Å². The summed E-state index contributed by atoms with van der Waals surface area (Å²) in [6.45, 7) is 8.88. The lowest BCUT2D eigenvalue weighted by Crippen LogP contribution is -2.52. The number of piperazine rings is 2. The third-order valence-corrected chi connectivity index (χ3v) is 12.7. The van der Waals surface area contributed by atoms with Gasteiger partial charge < -0.3 is 65.9 Å². The molecule has 2 saturated heterocycles. The van der Waals surface area contributed by atoms with Gasteiger partial charge in [-0.2, -0.15) is 15.0 Å². The van der Waals surface area contributed by atoms with Crippen LogP contribution in [-0.2, 0) is 39.8 Å². The first kappa shape index (κ1) is 55.3. The number of rotatable bonds is 29. The highest BCUT2D eigenvalue weighted by atomic mass is 16.5. The second-order valence-electron chi connectivity index (χ2n) is 17.8. The van der Waals surface area contributed by atoms with Gasteiger partial charge in [-0.1, -0.05) is 48.7 Å². The molecule has 2 amide bonds. The Hall–Kier alpha value is -7.05. The van der Waals surface area contributed by atoms with Crippen LogP contribution in [0.25, 0.3) is 0 Å². The highest BCUT2D eigenvalue weighted by molar-refractivity contribution is 5.82. The van der Waals surface area contributed by atoms with E-state index in [0.29, 0.717) is 95.5 Å². The van der Waals surface area contributed by atoms with Crippen LogP contribution in [0.4, 0.5) is 17.8 Å². The number of nitrogens with zero attached hydrogens (tertiary/aromatic N) is 13. The van der Waals surface area contributed by atoms with Gasteiger partial charge >= 0.3 is 11.9 Å². The number of phenolic OH excluding ortho intramolecular Hbond substituents is 1. The van der Waals surface area contributed by atoms with Crippen LogP contribution in [0.3, 0.4) is 0 Å². The van der Waals surface area contributed by atoms with Crippen molar-refractivity contribution < 1.29 is 48.7 Å². The number of nitrogens with one attached hydrogen (secondary N) is 1. The van der Waals surface area contributed by atoms with Crippen LogP contribution < -0.4 is 26.6 Å². The van der Waals surface area contributed by atoms with Crippen molar-refractivity contribution in [3.63, 3.8) is 0 Å². The van der Waals surface area contributed by atoms with Gasteiger partial charge in [0.25, 0.3) is 0 Å². The number of anilines is 3. The van der Waals surface area contributed by atoms with Crippen molar-refractivity contribution >= 4 is 41.6 Å². The van der Waals surface area contributed by atoms with Gasteiger partial charge in [-0.05, 0) is 42.9 Å². The number of aromatic nitrogens is 9. The number of terminal acetylenes is 1. The number of aromatic hydroxyl groups is 1. The van der Waals surface area contributed by atoms with Gasteiger partial charge in [0.05, 0.1) is 68.9 Å². The number of carboxylic acid groups (broad SMARTS) is 2. The van der Waals surface area contributed by atoms with Gasteiger partial charge in [-0.15, -0.1) is 16.6 Å². The number of phenols is 1. The van der Waals surface area contributed by atoms with E-state index in [1.54, 1.807) is 46.5 Å². The van der Waals surface area contributed by atoms with Crippen LogP contribution in [0.15, 0.2) is 36.7 Å². The van der Waals surface area contributed by atoms with Crippen molar-refractivity contribution in [2.75, 3.05) is 114 Å². The summed E-state index contributed by atoms with van der Waals surface area (Å²) in [5, 5.41) is 48.9. The first-order valence-electron chi connectivity index (χ1n) is 24.5. The zero-order chi connectivity index (χ0) is 52.3. The SMILES string of the molecule is C#CCOCCOCCOCCNc1nc(N2CCN(C(=O)C(CCC(=O)O)n3cc(C(N)Cc4ccc(O)cc4)nn3)CC2)nc(N2CCN(C(=O)C(CCC(=O)O)n3cc(C(N)C(C)CC)nn3)CC2)n1. The molecule has 3 aromatic heterocycles. The molecule has 26 heteroatoms. The summed E-state index contributed by atoms with van der Waals surface area (Å²) >= 11 is 0. The van der Waals surface area contributed by atoms with E-state index in [9.17, 15) is 34.5 Å². The predicted molar refractivity (Wildman–Crippen MR) is 264 cm³/mol. The zero-order valence-corrected chi connectivity index (χ0v) is 41.4. The third-order valence-electron chi connectivity index (χ3n) is 12.7. The van der Waals surface area contributed by atoms with Gasteiger partial charge in [-0.25, -0.2) is 9.36 Å². The summed E-state index contributed by atoms with van der Waals surface area (Å²) in [6.07, 6.45) is 9.09. The normalized spacial score (nSPS) is 16.1. The van der Waals surface area contributed by atoms with E-state index in [1.807, 2.05) is 23.6 Å². The molecule has 6 rings (SSSR count). The molecule has 2 aliphatic rings. The molecule has 0 aliphatic carbocycles. The first-order valence-corrected chi connectivity index (χ1v) is 24.5. The number of nitrogens with two attached hydrogens (primary N) is 2. The second kappa shape index (κ2) is 27.7. The van der Waals surface area contributed by atoms with E-state index < -0.39 is 36.1 Å². The number of carboxylic acids is 2. The Balaban J connectivity index is 1.12. The number of ether oxygens (including phenoxy) is 3. The fourth-order valence-corrected chi connectivity index (χ4v) is 8.20. The highest BCUT2D eigenvalue weighted by Gasteiger charge is 2.34. The molecule has 0 radical (unpaired) electrons. The number of hydrogen-bond acceptors (Lipinski definition) is 20. The van der Waals surface area contributed by atoms with Crippen molar-refractivity contribution in [1.29, 1.82) is 0 Å². The molecular formula is C47H68N16O10. The molecule has 0 bridgehead atoms. The van der Waals surface area contributed by atoms with Crippen molar-refractivity contribution in [2.24, 2.45) is 17.4 Å². The Bertz CT molecular complexity index is 2430. The van der Waals surface area contributed by atoms with Gasteiger partial charge in [0.15, 0.2) is 0 Å². The molecule has 26 nitrogen and oxygen atoms in total. The number of hydrogen-bond donors (Lipinski definition) is 6. The van der Waals surface area contributed by atoms with E-state index in [2.05, 4.69) is 31.9 Å². The molecule has 5 heterocycles. The van der Waals surface area contributed by atoms with E-state index in [4.69, 9.17) is 47.1 Å². The predicted octanol–water partition coefficient (Wildman–Crippen LogP) is 0.653. The fourth-order valence-electron chi connectivity index (χ4n) is 8.20. The summed E-state index contributed by atoms with van der Waals surface area (Å²) in [7, 11) is 0. The monoisotopic (exact) mass is 1020 g/mol. The van der Waals surface area contributed by atoms with Gasteiger partial charge in [0.2, 0.25) is 29.7 Å². The average Bonchev–Trinajstić information content (AvgIpc) is 4.10. The summed E-state index contributed by atoms with van der Waals surface area (Å²) in [5.41, 5.74) is 14.7. The molecule has 396 valence electrons. The molecule has 2 aliphatic heterocycles. The van der Waals surface area contributed by atoms with E-state index in [-0.39, 0.29) is 87.9 Å². The van der Waals surface area contributed by atoms with Gasteiger partial charge in [0.1, 0.15) is 24.4 Å². The van der Waals surface area contributed by atoms with Crippen LogP contribution in [-0.4, -0.2) is 192 Å². The van der Waals surface area contributed by atoms with Gasteiger partial charge in [-0.3, -0.25) is 19.2 Å². The molecule has 73 heavy (non-hydrogen) atoms. The smallest absolute Gasteiger partial charge is 0.303 e. The minimum absolute atomic E-state index is 0.0153. The lowest BCUT2D eigenvalue weighted by atomic mass is 9.98. The molecule has 5 atom stereocenters. The molecular weight excluding hydrogens is 949 g/mol. The number of carbonyl (C=O) groups excluding carboxylic acids is 2. The molecule has 4 aromatic rings. The molecule has 1 aromatic carbocycles. The summed E-state index contributed by atoms with van der Waals surface area (Å²) < 4.78 is 19.3. The topological polar surface area (TPSA) is 334 Å². The van der Waals surface area contributed by atoms with Crippen molar-refractivity contribution in [3.8, 4) is 18.1 Å². The summed E-state index contributed by atoms with van der Waals surface area (Å²) in [5.74, 6) is 0.961. The van der Waals surface area contributed by atoms with Crippen LogP contribution in [0.1, 0.15) is 87.1 Å². The molecule has 5 unspecified atom stereocenters. The van der Waals surface area contributed by atoms with Crippen LogP contribution in [0.2, 0.25) is 0 Å². The Morgan fingerprint density at radius 2 is 1.22 bits per heavy atom. The lowest BCUT2D eigenvalue weighted by Gasteiger charge is -2.38. The van der Waals surface area contributed by atoms with E-state index in [0.717, 1.165) is 12.0 Å². The Labute approximate surface area is 423 Å². The number of amides is 2. The number of aliphatic carboxylic acids is 2. The lowest BCUT2D eigenvalue weighted by molar-refractivity contribution is -0.140. The fraction of sp³-hybridized carbons (Fsp3) is 0.596. The number of carbonyl (C=O) groups is 4. The maximum Gasteiger partial charge on any atom is 0.303 e. The van der Waals surface area contributed by atoms with Crippen LogP contribution >= 0.6 is 0 Å². The minimum Gasteiger partial charge on any atom is -0.508 e. The third kappa shape index (κ3) is 16.2. The summed E-state index contributed by atoms with van der Waals surface area (Å²) in [6, 6.07) is 3.82. The van der Waals surface area contributed by atoms with Gasteiger partial charge in [0, 0.05) is 71.7 Å². The molecule has 0 spiro atoms. The number of benzene rings is 1. The second-order valence-corrected chi connectivity index (χ2v) is 17.8. The maximum atomic E-state index is 14.2. The van der Waals surface area contributed by atoms with Crippen molar-refractivity contribution in [2.45, 2.75) is 76.5 Å². The van der Waals surface area contributed by atoms with Crippen molar-refractivity contribution in [1.82, 2.24) is 54.7 Å². The van der Waals surface area contributed by atoms with E-state index >= 15 is 0 Å². The quantitative estimate of drug-likeness (QED) is 0.0321. The molecule has 8 N–H and O–H groups in total. The maximum absolute atomic E-state index is 14.2. The zero-order valence-electron chi connectivity index (χ0n) is 41.4. The molecule has 0 saturated carbocycles. The Morgan fingerprint density at radius 3 is 1.73 bits per heavy atom. The average molecular weight is 1020 g/mol. The first-order chi connectivity index (χ1) is 35.2. The van der Waals surface area contributed by atoms with Crippen LogP contribution in [0.5, 0.6) is 5.75 Å². The standard InChI is InChI=1S/C47H68N16O10/c1-4-23-71-25-27-73-28-26-72-24-14-50-45-51-46(53-47(52-45)61-21-17-59(18-22-61)44(70)39(11-13-41(67)68)63-31-37(55-57-63)42(49)32(3)5-2)60-19-15-58(16-20-60)43(69)38(10-12-40(65)66)62-30-36(54-56-62)35(48)29-33-6-8-34(64)9-7-33/h1,6-9,30-32,35,38-39,42,64H,5,10-29,48-49H2,2-3H3,(H,65,66)(H,67,68)(H,50,51,52,53). The largest absolute Gasteiger partial charge is 0.508 e. The van der Waals surface area contributed by atoms with Crippen LogP contribution in [0, 0.1) is 18.3 Å². The Morgan fingerprint density at radius 1 is 0.726 bits per heavy atom. The Kier molecular flexibility index (Phi) is 21.0. The van der Waals surface area contributed by atoms with E-state index in [1.165, 1.54) is 9.36 Å². The minimum atomic E-state index is -1.06. The highest BCUT2D eigenvalue weighted by Crippen LogP contribution is 2.26. The summed E-state index contributed by atoms with van der Waals surface area (Å²) in [4.78, 5) is 73.3.